The molecular formula is C12H17N7S2. The van der Waals surface area contributed by atoms with Crippen molar-refractivity contribution in [1.82, 2.24) is 26.5 Å². The Hall–Kier alpha value is -2.13. The van der Waals surface area contributed by atoms with Crippen molar-refractivity contribution in [2.45, 2.75) is 6.92 Å². The zero-order valence-electron chi connectivity index (χ0n) is 12.0. The number of pyridine rings is 1. The van der Waals surface area contributed by atoms with Gasteiger partial charge in [-0.1, -0.05) is 6.07 Å². The van der Waals surface area contributed by atoms with Gasteiger partial charge in [-0.3, -0.25) is 15.8 Å². The number of hydrogen-bond acceptors (Lipinski definition) is 5. The van der Waals surface area contributed by atoms with Gasteiger partial charge < -0.3 is 10.6 Å². The van der Waals surface area contributed by atoms with E-state index >= 15 is 0 Å². The summed E-state index contributed by atoms with van der Waals surface area (Å²) in [6.45, 7) is 1.79. The fourth-order valence-corrected chi connectivity index (χ4v) is 1.32. The predicted molar refractivity (Wildman–Crippen MR) is 93.5 cm³/mol. The van der Waals surface area contributed by atoms with Gasteiger partial charge in [0.2, 0.25) is 0 Å². The first-order valence-electron chi connectivity index (χ1n) is 6.07. The van der Waals surface area contributed by atoms with Crippen molar-refractivity contribution in [2.75, 3.05) is 14.1 Å². The van der Waals surface area contributed by atoms with E-state index in [0.717, 1.165) is 0 Å². The summed E-state index contributed by atoms with van der Waals surface area (Å²) >= 11 is 9.97. The van der Waals surface area contributed by atoms with Crippen LogP contribution >= 0.6 is 24.4 Å². The van der Waals surface area contributed by atoms with Crippen LogP contribution in [0.3, 0.4) is 0 Å². The van der Waals surface area contributed by atoms with E-state index in [1.165, 1.54) is 0 Å². The van der Waals surface area contributed by atoms with Crippen molar-refractivity contribution in [3.8, 4) is 0 Å². The molecule has 0 aliphatic rings. The molecule has 0 saturated carbocycles. The second kappa shape index (κ2) is 8.93. The van der Waals surface area contributed by atoms with Crippen molar-refractivity contribution in [1.29, 1.82) is 0 Å². The molecule has 0 saturated heterocycles. The molecule has 0 radical (unpaired) electrons. The number of nitrogens with zero attached hydrogens (tertiary/aromatic N) is 3. The van der Waals surface area contributed by atoms with E-state index in [1.54, 1.807) is 27.2 Å². The van der Waals surface area contributed by atoms with Gasteiger partial charge in [0, 0.05) is 20.3 Å². The van der Waals surface area contributed by atoms with Crippen LogP contribution in [0, 0.1) is 0 Å². The van der Waals surface area contributed by atoms with Crippen molar-refractivity contribution in [2.24, 2.45) is 10.2 Å². The van der Waals surface area contributed by atoms with Crippen molar-refractivity contribution in [3.63, 3.8) is 0 Å². The van der Waals surface area contributed by atoms with Crippen molar-refractivity contribution in [3.05, 3.63) is 30.1 Å². The summed E-state index contributed by atoms with van der Waals surface area (Å²) in [5.41, 5.74) is 7.27. The van der Waals surface area contributed by atoms with Crippen LogP contribution < -0.4 is 21.5 Å². The van der Waals surface area contributed by atoms with E-state index in [2.05, 4.69) is 36.7 Å². The van der Waals surface area contributed by atoms with Crippen molar-refractivity contribution >= 4 is 46.1 Å². The van der Waals surface area contributed by atoms with Crippen LogP contribution in [0.2, 0.25) is 0 Å². The number of rotatable bonds is 4. The minimum Gasteiger partial charge on any atom is -0.364 e. The predicted octanol–water partition coefficient (Wildman–Crippen LogP) is 0.349. The summed E-state index contributed by atoms with van der Waals surface area (Å²) in [7, 11) is 3.42. The molecule has 1 rings (SSSR count). The average molecular weight is 323 g/mol. The Morgan fingerprint density at radius 1 is 1.05 bits per heavy atom. The standard InChI is InChI=1S/C12H17N7S2/c1-8(16-18-11(20)13-2)10(17-19-12(21)14-3)9-6-4-5-7-15-9/h4-7H,1-3H3,(H2,13,18,20)(H2,14,19,21)/b16-8+,17-10-. The van der Waals surface area contributed by atoms with Crippen LogP contribution in [-0.2, 0) is 0 Å². The highest BCUT2D eigenvalue weighted by Crippen LogP contribution is 1.99. The van der Waals surface area contributed by atoms with E-state index in [4.69, 9.17) is 24.4 Å². The first kappa shape index (κ1) is 16.9. The normalized spacial score (nSPS) is 11.6. The first-order chi connectivity index (χ1) is 10.1. The smallest absolute Gasteiger partial charge is 0.186 e. The lowest BCUT2D eigenvalue weighted by molar-refractivity contribution is 0.964. The minimum atomic E-state index is 0.398. The number of hydrogen-bond donors (Lipinski definition) is 4. The molecule has 1 aromatic heterocycles. The lowest BCUT2D eigenvalue weighted by Gasteiger charge is -2.08. The maximum Gasteiger partial charge on any atom is 0.186 e. The van der Waals surface area contributed by atoms with Crippen LogP contribution in [0.15, 0.2) is 34.6 Å². The first-order valence-corrected chi connectivity index (χ1v) is 6.89. The second-order valence-electron chi connectivity index (χ2n) is 3.75. The number of aromatic nitrogens is 1. The molecule has 0 bridgehead atoms. The number of nitrogens with one attached hydrogen (secondary N) is 4. The highest BCUT2D eigenvalue weighted by Gasteiger charge is 2.09. The van der Waals surface area contributed by atoms with E-state index in [0.29, 0.717) is 27.3 Å². The zero-order valence-corrected chi connectivity index (χ0v) is 13.6. The lowest BCUT2D eigenvalue weighted by atomic mass is 10.2. The van der Waals surface area contributed by atoms with E-state index in [-0.39, 0.29) is 0 Å². The fraction of sp³-hybridized carbons (Fsp3) is 0.250. The van der Waals surface area contributed by atoms with E-state index in [9.17, 15) is 0 Å². The maximum atomic E-state index is 5.00. The zero-order chi connectivity index (χ0) is 15.7. The molecule has 0 atom stereocenters. The van der Waals surface area contributed by atoms with Crippen LogP contribution in [0.5, 0.6) is 0 Å². The summed E-state index contributed by atoms with van der Waals surface area (Å²) in [4.78, 5) is 4.26. The largest absolute Gasteiger partial charge is 0.364 e. The van der Waals surface area contributed by atoms with E-state index in [1.807, 2.05) is 18.2 Å². The molecule has 1 heterocycles. The summed E-state index contributed by atoms with van der Waals surface area (Å²) in [6.07, 6.45) is 1.68. The molecule has 0 unspecified atom stereocenters. The molecule has 0 fully saturated rings. The molecule has 1 aromatic rings. The van der Waals surface area contributed by atoms with Gasteiger partial charge in [-0.05, 0) is 43.5 Å². The van der Waals surface area contributed by atoms with Gasteiger partial charge in [0.1, 0.15) is 5.71 Å². The third-order valence-corrected chi connectivity index (χ3v) is 2.89. The third kappa shape index (κ3) is 5.79. The van der Waals surface area contributed by atoms with Gasteiger partial charge in [-0.25, -0.2) is 0 Å². The van der Waals surface area contributed by atoms with Crippen LogP contribution in [0.1, 0.15) is 12.6 Å². The summed E-state index contributed by atoms with van der Waals surface area (Å²) < 4.78 is 0. The summed E-state index contributed by atoms with van der Waals surface area (Å²) in [5, 5.41) is 14.8. The Morgan fingerprint density at radius 3 is 2.19 bits per heavy atom. The van der Waals surface area contributed by atoms with Crippen LogP contribution in [0.4, 0.5) is 0 Å². The molecule has 0 aliphatic heterocycles. The minimum absolute atomic E-state index is 0.398. The topological polar surface area (TPSA) is 85.7 Å². The lowest BCUT2D eigenvalue weighted by Crippen LogP contribution is -2.32. The second-order valence-corrected chi connectivity index (χ2v) is 4.57. The molecule has 112 valence electrons. The molecule has 4 N–H and O–H groups in total. The van der Waals surface area contributed by atoms with Gasteiger partial charge >= 0.3 is 0 Å². The summed E-state index contributed by atoms with van der Waals surface area (Å²) in [5.74, 6) is 0. The molecule has 7 nitrogen and oxygen atoms in total. The number of thiocarbonyl (C=S) groups is 2. The number of hydrazone groups is 2. The molecule has 9 heteroatoms. The fourth-order valence-electron chi connectivity index (χ4n) is 1.23. The van der Waals surface area contributed by atoms with Crippen LogP contribution in [0.25, 0.3) is 0 Å². The average Bonchev–Trinajstić information content (AvgIpc) is 2.53. The van der Waals surface area contributed by atoms with Gasteiger partial charge in [-0.2, -0.15) is 10.2 Å². The highest BCUT2D eigenvalue weighted by atomic mass is 32.1. The Kier molecular flexibility index (Phi) is 7.19. The summed E-state index contributed by atoms with van der Waals surface area (Å²) in [6, 6.07) is 5.53. The Labute approximate surface area is 134 Å². The molecule has 21 heavy (non-hydrogen) atoms. The van der Waals surface area contributed by atoms with Crippen molar-refractivity contribution < 1.29 is 0 Å². The van der Waals surface area contributed by atoms with Gasteiger partial charge in [-0.15, -0.1) is 0 Å². The Morgan fingerprint density at radius 2 is 1.67 bits per heavy atom. The SMILES string of the molecule is CNC(=S)N/N=C(C)/C(=N/NC(=S)NC)c1ccccn1. The van der Waals surface area contributed by atoms with Gasteiger partial charge in [0.15, 0.2) is 10.2 Å². The molecule has 0 aliphatic carbocycles. The molecule has 0 spiro atoms. The molecular weight excluding hydrogens is 306 g/mol. The highest BCUT2D eigenvalue weighted by molar-refractivity contribution is 7.80. The Bertz CT molecular complexity index is 554. The maximum absolute atomic E-state index is 5.00. The van der Waals surface area contributed by atoms with Gasteiger partial charge in [0.05, 0.1) is 11.4 Å². The van der Waals surface area contributed by atoms with Crippen LogP contribution in [-0.4, -0.2) is 40.7 Å². The quantitative estimate of drug-likeness (QED) is 0.361. The monoisotopic (exact) mass is 323 g/mol. The molecule has 0 amide bonds. The Balaban J connectivity index is 3.02. The third-order valence-electron chi connectivity index (χ3n) is 2.30. The van der Waals surface area contributed by atoms with E-state index < -0.39 is 0 Å². The molecule has 0 aromatic carbocycles. The van der Waals surface area contributed by atoms with Gasteiger partial charge in [0.25, 0.3) is 0 Å².